The fourth-order valence-corrected chi connectivity index (χ4v) is 2.11. The zero-order chi connectivity index (χ0) is 11.5. The Morgan fingerprint density at radius 2 is 2.38 bits per heavy atom. The molecule has 0 aromatic carbocycles. The van der Waals surface area contributed by atoms with E-state index in [0.29, 0.717) is 5.15 Å². The Hall–Kier alpha value is -0.420. The molecule has 4 nitrogen and oxygen atoms in total. The molecule has 16 heavy (non-hydrogen) atoms. The maximum absolute atomic E-state index is 5.99. The molecule has 1 aliphatic heterocycles. The molecule has 0 amide bonds. The highest BCUT2D eigenvalue weighted by atomic mass is 35.5. The van der Waals surface area contributed by atoms with Crippen molar-refractivity contribution in [1.82, 2.24) is 14.9 Å². The molecule has 1 atom stereocenters. The lowest BCUT2D eigenvalue weighted by Gasteiger charge is -2.31. The third kappa shape index (κ3) is 3.04. The van der Waals surface area contributed by atoms with Gasteiger partial charge in [0.25, 0.3) is 0 Å². The van der Waals surface area contributed by atoms with Crippen LogP contribution < -0.4 is 0 Å². The predicted molar refractivity (Wildman–Crippen MR) is 62.7 cm³/mol. The first-order valence-corrected chi connectivity index (χ1v) is 5.91. The van der Waals surface area contributed by atoms with Crippen LogP contribution in [0.2, 0.25) is 10.4 Å². The molecule has 1 aromatic rings. The second-order valence-corrected chi connectivity index (χ2v) is 4.57. The molecular weight excluding hydrogens is 249 g/mol. The van der Waals surface area contributed by atoms with E-state index in [1.165, 1.54) is 0 Å². The SMILES string of the molecule is CC1CN(Cc2cnc(Cl)nc2Cl)CCO1. The van der Waals surface area contributed by atoms with E-state index in [2.05, 4.69) is 21.8 Å². The zero-order valence-corrected chi connectivity index (χ0v) is 10.5. The summed E-state index contributed by atoms with van der Waals surface area (Å²) in [5, 5.41) is 0.614. The smallest absolute Gasteiger partial charge is 0.223 e. The third-order valence-corrected chi connectivity index (χ3v) is 3.01. The Morgan fingerprint density at radius 3 is 3.06 bits per heavy atom. The molecule has 6 heteroatoms. The molecule has 0 saturated carbocycles. The summed E-state index contributed by atoms with van der Waals surface area (Å²) in [4.78, 5) is 10.1. The molecule has 1 fully saturated rings. The maximum atomic E-state index is 5.99. The molecule has 0 bridgehead atoms. The number of halogens is 2. The van der Waals surface area contributed by atoms with Gasteiger partial charge in [-0.1, -0.05) is 11.6 Å². The molecule has 1 unspecified atom stereocenters. The van der Waals surface area contributed by atoms with Crippen molar-refractivity contribution in [3.8, 4) is 0 Å². The van der Waals surface area contributed by atoms with Gasteiger partial charge in [0.2, 0.25) is 5.28 Å². The monoisotopic (exact) mass is 261 g/mol. The Labute approximate surface area is 105 Å². The summed E-state index contributed by atoms with van der Waals surface area (Å²) in [6.45, 7) is 5.37. The Kier molecular flexibility index (Phi) is 3.97. The largest absolute Gasteiger partial charge is 0.376 e. The van der Waals surface area contributed by atoms with Gasteiger partial charge in [-0.15, -0.1) is 0 Å². The van der Waals surface area contributed by atoms with E-state index < -0.39 is 0 Å². The van der Waals surface area contributed by atoms with Gasteiger partial charge in [0.15, 0.2) is 0 Å². The van der Waals surface area contributed by atoms with E-state index in [-0.39, 0.29) is 11.4 Å². The average molecular weight is 262 g/mol. The normalized spacial score (nSPS) is 22.3. The number of morpholine rings is 1. The van der Waals surface area contributed by atoms with Gasteiger partial charge in [-0.2, -0.15) is 0 Å². The first-order chi connectivity index (χ1) is 7.65. The predicted octanol–water partition coefficient (Wildman–Crippen LogP) is 2.00. The van der Waals surface area contributed by atoms with E-state index in [9.17, 15) is 0 Å². The van der Waals surface area contributed by atoms with Gasteiger partial charge in [-0.25, -0.2) is 9.97 Å². The van der Waals surface area contributed by atoms with Crippen LogP contribution in [0.5, 0.6) is 0 Å². The minimum atomic E-state index is 0.184. The number of rotatable bonds is 2. The molecule has 1 aromatic heterocycles. The van der Waals surface area contributed by atoms with Gasteiger partial charge in [0.05, 0.1) is 12.7 Å². The van der Waals surface area contributed by atoms with E-state index in [0.717, 1.165) is 31.8 Å². The molecule has 0 N–H and O–H groups in total. The Bertz CT molecular complexity index is 375. The van der Waals surface area contributed by atoms with Gasteiger partial charge in [0, 0.05) is 31.4 Å². The summed E-state index contributed by atoms with van der Waals surface area (Å²) in [5.74, 6) is 0. The minimum Gasteiger partial charge on any atom is -0.376 e. The minimum absolute atomic E-state index is 0.184. The van der Waals surface area contributed by atoms with Crippen LogP contribution in [0.3, 0.4) is 0 Å². The lowest BCUT2D eigenvalue weighted by molar-refractivity contribution is -0.0212. The summed E-state index contributed by atoms with van der Waals surface area (Å²) in [6.07, 6.45) is 1.94. The summed E-state index contributed by atoms with van der Waals surface area (Å²) in [6, 6.07) is 0. The van der Waals surface area contributed by atoms with Crippen molar-refractivity contribution in [2.24, 2.45) is 0 Å². The van der Waals surface area contributed by atoms with Gasteiger partial charge < -0.3 is 4.74 Å². The highest BCUT2D eigenvalue weighted by Crippen LogP contribution is 2.17. The quantitative estimate of drug-likeness (QED) is 0.603. The van der Waals surface area contributed by atoms with E-state index >= 15 is 0 Å². The van der Waals surface area contributed by atoms with Gasteiger partial charge >= 0.3 is 0 Å². The third-order valence-electron chi connectivity index (χ3n) is 2.50. The zero-order valence-electron chi connectivity index (χ0n) is 8.99. The van der Waals surface area contributed by atoms with Crippen molar-refractivity contribution in [3.05, 3.63) is 22.2 Å². The maximum Gasteiger partial charge on any atom is 0.223 e. The van der Waals surface area contributed by atoms with E-state index in [4.69, 9.17) is 27.9 Å². The summed E-state index contributed by atoms with van der Waals surface area (Å²) in [5.41, 5.74) is 0.903. The lowest BCUT2D eigenvalue weighted by Crippen LogP contribution is -2.40. The van der Waals surface area contributed by atoms with Gasteiger partial charge in [0.1, 0.15) is 5.15 Å². The highest BCUT2D eigenvalue weighted by Gasteiger charge is 2.18. The highest BCUT2D eigenvalue weighted by molar-refractivity contribution is 6.32. The molecule has 2 rings (SSSR count). The first-order valence-electron chi connectivity index (χ1n) is 5.16. The van der Waals surface area contributed by atoms with Crippen LogP contribution in [0.15, 0.2) is 6.20 Å². The number of aromatic nitrogens is 2. The second kappa shape index (κ2) is 5.27. The average Bonchev–Trinajstić information content (AvgIpc) is 2.22. The van der Waals surface area contributed by atoms with Crippen LogP contribution in [0.1, 0.15) is 12.5 Å². The molecule has 0 spiro atoms. The van der Waals surface area contributed by atoms with Crippen molar-refractivity contribution in [3.63, 3.8) is 0 Å². The van der Waals surface area contributed by atoms with Crippen LogP contribution >= 0.6 is 23.2 Å². The molecule has 0 aliphatic carbocycles. The summed E-state index contributed by atoms with van der Waals surface area (Å²) < 4.78 is 5.47. The summed E-state index contributed by atoms with van der Waals surface area (Å²) >= 11 is 11.6. The fourth-order valence-electron chi connectivity index (χ4n) is 1.75. The standard InChI is InChI=1S/C10H13Cl2N3O/c1-7-5-15(2-3-16-7)6-8-4-13-10(12)14-9(8)11/h4,7H,2-3,5-6H2,1H3. The van der Waals surface area contributed by atoms with Crippen molar-refractivity contribution < 1.29 is 4.74 Å². The van der Waals surface area contributed by atoms with Crippen LogP contribution in [0, 0.1) is 0 Å². The van der Waals surface area contributed by atoms with Crippen LogP contribution in [-0.4, -0.2) is 40.7 Å². The van der Waals surface area contributed by atoms with Crippen molar-refractivity contribution in [2.45, 2.75) is 19.6 Å². The van der Waals surface area contributed by atoms with E-state index in [1.54, 1.807) is 6.20 Å². The van der Waals surface area contributed by atoms with Crippen molar-refractivity contribution in [2.75, 3.05) is 19.7 Å². The lowest BCUT2D eigenvalue weighted by atomic mass is 10.2. The molecule has 1 saturated heterocycles. The van der Waals surface area contributed by atoms with Crippen molar-refractivity contribution in [1.29, 1.82) is 0 Å². The van der Waals surface area contributed by atoms with Gasteiger partial charge in [-0.3, -0.25) is 4.90 Å². The number of hydrogen-bond acceptors (Lipinski definition) is 4. The molecule has 88 valence electrons. The van der Waals surface area contributed by atoms with Crippen molar-refractivity contribution >= 4 is 23.2 Å². The van der Waals surface area contributed by atoms with Crippen LogP contribution in [-0.2, 0) is 11.3 Å². The summed E-state index contributed by atoms with van der Waals surface area (Å²) in [7, 11) is 0. The Balaban J connectivity index is 2.02. The Morgan fingerprint density at radius 1 is 1.56 bits per heavy atom. The number of nitrogens with zero attached hydrogens (tertiary/aromatic N) is 3. The first kappa shape index (κ1) is 12.0. The topological polar surface area (TPSA) is 38.2 Å². The van der Waals surface area contributed by atoms with Crippen LogP contribution in [0.4, 0.5) is 0 Å². The number of hydrogen-bond donors (Lipinski definition) is 0. The molecule has 1 aliphatic rings. The second-order valence-electron chi connectivity index (χ2n) is 3.87. The molecular formula is C10H13Cl2N3O. The fraction of sp³-hybridized carbons (Fsp3) is 0.600. The molecule has 2 heterocycles. The van der Waals surface area contributed by atoms with Crippen LogP contribution in [0.25, 0.3) is 0 Å². The number of ether oxygens (including phenoxy) is 1. The van der Waals surface area contributed by atoms with E-state index in [1.807, 2.05) is 0 Å². The van der Waals surface area contributed by atoms with Gasteiger partial charge in [-0.05, 0) is 18.5 Å². The molecule has 0 radical (unpaired) electrons.